The van der Waals surface area contributed by atoms with Crippen molar-refractivity contribution in [1.29, 1.82) is 0 Å². The van der Waals surface area contributed by atoms with Crippen LogP contribution < -0.4 is 14.8 Å². The van der Waals surface area contributed by atoms with E-state index in [1.807, 2.05) is 31.2 Å². The quantitative estimate of drug-likeness (QED) is 0.630. The van der Waals surface area contributed by atoms with Crippen LogP contribution in [0.4, 0.5) is 5.69 Å². The minimum Gasteiger partial charge on any atom is -0.484 e. The van der Waals surface area contributed by atoms with Crippen LogP contribution in [0.15, 0.2) is 77.7 Å². The number of carbonyl (C=O) groups excluding carboxylic acids is 1. The van der Waals surface area contributed by atoms with Crippen molar-refractivity contribution >= 4 is 21.4 Å². The van der Waals surface area contributed by atoms with Crippen LogP contribution in [0.3, 0.4) is 0 Å². The number of amides is 1. The van der Waals surface area contributed by atoms with E-state index in [0.717, 1.165) is 17.6 Å². The number of carbonyl (C=O) groups is 1. The van der Waals surface area contributed by atoms with Gasteiger partial charge in [-0.2, -0.15) is 0 Å². The first-order chi connectivity index (χ1) is 13.8. The predicted molar refractivity (Wildman–Crippen MR) is 111 cm³/mol. The second-order valence-corrected chi connectivity index (χ2v) is 8.54. The van der Waals surface area contributed by atoms with Crippen molar-refractivity contribution in [2.24, 2.45) is 0 Å². The molecule has 0 bridgehead atoms. The topological polar surface area (TPSA) is 81.7 Å². The summed E-state index contributed by atoms with van der Waals surface area (Å²) in [5.41, 5.74) is 1.70. The van der Waals surface area contributed by atoms with Crippen LogP contribution in [0.5, 0.6) is 17.2 Å². The Labute approximate surface area is 170 Å². The summed E-state index contributed by atoms with van der Waals surface area (Å²) < 4.78 is 34.3. The summed E-state index contributed by atoms with van der Waals surface area (Å²) in [5.74, 6) is 1.35. The standard InChI is InChI=1S/C22H21NO5S/c1-16-5-3-7-20(13-16)28-18-11-9-17(10-12-18)23-22(24)15-27-19-6-4-8-21(14-19)29(2,25)26/h3-14H,15H2,1-2H3,(H,23,24). The van der Waals surface area contributed by atoms with Crippen molar-refractivity contribution in [2.75, 3.05) is 18.2 Å². The minimum atomic E-state index is -3.33. The normalized spacial score (nSPS) is 11.0. The van der Waals surface area contributed by atoms with E-state index in [0.29, 0.717) is 17.2 Å². The number of rotatable bonds is 7. The molecule has 3 rings (SSSR count). The molecule has 29 heavy (non-hydrogen) atoms. The van der Waals surface area contributed by atoms with Crippen LogP contribution in [0.1, 0.15) is 5.56 Å². The highest BCUT2D eigenvalue weighted by molar-refractivity contribution is 7.90. The van der Waals surface area contributed by atoms with Crippen LogP contribution in [0.25, 0.3) is 0 Å². The highest BCUT2D eigenvalue weighted by atomic mass is 32.2. The van der Waals surface area contributed by atoms with Gasteiger partial charge < -0.3 is 14.8 Å². The molecule has 1 amide bonds. The molecule has 0 heterocycles. The number of ether oxygens (including phenoxy) is 2. The molecule has 0 aromatic heterocycles. The molecule has 0 aliphatic carbocycles. The van der Waals surface area contributed by atoms with Gasteiger partial charge in [0, 0.05) is 11.9 Å². The summed E-state index contributed by atoms with van der Waals surface area (Å²) in [7, 11) is -3.33. The van der Waals surface area contributed by atoms with Gasteiger partial charge in [0.05, 0.1) is 4.90 Å². The summed E-state index contributed by atoms with van der Waals surface area (Å²) in [6.45, 7) is 1.75. The molecule has 1 N–H and O–H groups in total. The molecule has 0 saturated heterocycles. The molecule has 3 aromatic rings. The number of benzene rings is 3. The molecule has 0 aliphatic heterocycles. The Morgan fingerprint density at radius 3 is 2.28 bits per heavy atom. The summed E-state index contributed by atoms with van der Waals surface area (Å²) >= 11 is 0. The first-order valence-electron chi connectivity index (χ1n) is 8.87. The van der Waals surface area contributed by atoms with Gasteiger partial charge in [-0.25, -0.2) is 8.42 Å². The molecule has 6 nitrogen and oxygen atoms in total. The fourth-order valence-corrected chi connectivity index (χ4v) is 3.22. The SMILES string of the molecule is Cc1cccc(Oc2ccc(NC(=O)COc3cccc(S(C)(=O)=O)c3)cc2)c1. The first-order valence-corrected chi connectivity index (χ1v) is 10.8. The van der Waals surface area contributed by atoms with Crippen LogP contribution in [0, 0.1) is 6.92 Å². The van der Waals surface area contributed by atoms with E-state index in [9.17, 15) is 13.2 Å². The van der Waals surface area contributed by atoms with Gasteiger partial charge in [-0.3, -0.25) is 4.79 Å². The molecule has 3 aromatic carbocycles. The largest absolute Gasteiger partial charge is 0.484 e. The van der Waals surface area contributed by atoms with Gasteiger partial charge in [-0.15, -0.1) is 0 Å². The average Bonchev–Trinajstić information content (AvgIpc) is 2.68. The van der Waals surface area contributed by atoms with Gasteiger partial charge in [-0.05, 0) is 67.1 Å². The lowest BCUT2D eigenvalue weighted by Crippen LogP contribution is -2.20. The lowest BCUT2D eigenvalue weighted by atomic mass is 10.2. The van der Waals surface area contributed by atoms with E-state index < -0.39 is 9.84 Å². The molecule has 0 saturated carbocycles. The Balaban J connectivity index is 1.54. The van der Waals surface area contributed by atoms with Gasteiger partial charge in [0.1, 0.15) is 17.2 Å². The third-order valence-electron chi connectivity index (χ3n) is 3.97. The van der Waals surface area contributed by atoms with Gasteiger partial charge in [-0.1, -0.05) is 18.2 Å². The summed E-state index contributed by atoms with van der Waals surface area (Å²) in [5, 5.41) is 2.72. The van der Waals surface area contributed by atoms with Gasteiger partial charge in [0.15, 0.2) is 16.4 Å². The second-order valence-electron chi connectivity index (χ2n) is 6.53. The van der Waals surface area contributed by atoms with E-state index in [4.69, 9.17) is 9.47 Å². The zero-order chi connectivity index (χ0) is 20.9. The molecule has 7 heteroatoms. The maximum absolute atomic E-state index is 12.1. The average molecular weight is 411 g/mol. The number of hydrogen-bond donors (Lipinski definition) is 1. The van der Waals surface area contributed by atoms with Crippen molar-refractivity contribution in [3.63, 3.8) is 0 Å². The summed E-state index contributed by atoms with van der Waals surface area (Å²) in [4.78, 5) is 12.2. The second kappa shape index (κ2) is 8.79. The van der Waals surface area contributed by atoms with E-state index in [2.05, 4.69) is 5.32 Å². The van der Waals surface area contributed by atoms with Crippen molar-refractivity contribution in [3.05, 3.63) is 78.4 Å². The Morgan fingerprint density at radius 1 is 0.897 bits per heavy atom. The lowest BCUT2D eigenvalue weighted by Gasteiger charge is -2.10. The third-order valence-corrected chi connectivity index (χ3v) is 5.08. The maximum Gasteiger partial charge on any atom is 0.262 e. The molecule has 0 spiro atoms. The molecular formula is C22H21NO5S. The fourth-order valence-electron chi connectivity index (χ4n) is 2.56. The van der Waals surface area contributed by atoms with Gasteiger partial charge in [0.2, 0.25) is 0 Å². The molecule has 150 valence electrons. The molecular weight excluding hydrogens is 390 g/mol. The van der Waals surface area contributed by atoms with Crippen molar-refractivity contribution < 1.29 is 22.7 Å². The first kappa shape index (κ1) is 20.4. The van der Waals surface area contributed by atoms with Gasteiger partial charge >= 0.3 is 0 Å². The van der Waals surface area contributed by atoms with E-state index in [-0.39, 0.29) is 17.4 Å². The molecule has 0 aliphatic rings. The Kier molecular flexibility index (Phi) is 6.19. The van der Waals surface area contributed by atoms with Gasteiger partial charge in [0.25, 0.3) is 5.91 Å². The van der Waals surface area contributed by atoms with Crippen molar-refractivity contribution in [1.82, 2.24) is 0 Å². The third kappa shape index (κ3) is 6.08. The zero-order valence-electron chi connectivity index (χ0n) is 16.1. The van der Waals surface area contributed by atoms with Crippen LogP contribution in [-0.4, -0.2) is 27.2 Å². The number of sulfone groups is 1. The zero-order valence-corrected chi connectivity index (χ0v) is 16.9. The Bertz CT molecular complexity index is 1110. The monoisotopic (exact) mass is 411 g/mol. The fraction of sp³-hybridized carbons (Fsp3) is 0.136. The lowest BCUT2D eigenvalue weighted by molar-refractivity contribution is -0.118. The Hall–Kier alpha value is -3.32. The number of nitrogens with one attached hydrogen (secondary N) is 1. The van der Waals surface area contributed by atoms with Crippen LogP contribution in [0.2, 0.25) is 0 Å². The van der Waals surface area contributed by atoms with Crippen LogP contribution >= 0.6 is 0 Å². The highest BCUT2D eigenvalue weighted by Crippen LogP contribution is 2.24. The molecule has 0 fully saturated rings. The van der Waals surface area contributed by atoms with E-state index >= 15 is 0 Å². The van der Waals surface area contributed by atoms with E-state index in [1.165, 1.54) is 12.1 Å². The smallest absolute Gasteiger partial charge is 0.262 e. The number of aryl methyl sites for hydroxylation is 1. The van der Waals surface area contributed by atoms with Crippen molar-refractivity contribution in [2.45, 2.75) is 11.8 Å². The minimum absolute atomic E-state index is 0.139. The maximum atomic E-state index is 12.1. The van der Waals surface area contributed by atoms with E-state index in [1.54, 1.807) is 36.4 Å². The molecule has 0 unspecified atom stereocenters. The molecule has 0 atom stereocenters. The Morgan fingerprint density at radius 2 is 1.59 bits per heavy atom. The predicted octanol–water partition coefficient (Wildman–Crippen LogP) is 4.21. The molecule has 0 radical (unpaired) electrons. The van der Waals surface area contributed by atoms with Crippen molar-refractivity contribution in [3.8, 4) is 17.2 Å². The summed E-state index contributed by atoms with van der Waals surface area (Å²) in [6, 6.07) is 20.7. The van der Waals surface area contributed by atoms with Crippen LogP contribution in [-0.2, 0) is 14.6 Å². The highest BCUT2D eigenvalue weighted by Gasteiger charge is 2.09. The summed E-state index contributed by atoms with van der Waals surface area (Å²) in [6.07, 6.45) is 1.12. The number of hydrogen-bond acceptors (Lipinski definition) is 5. The number of anilines is 1.